The lowest BCUT2D eigenvalue weighted by Crippen LogP contribution is -2.47. The van der Waals surface area contributed by atoms with Crippen molar-refractivity contribution in [2.24, 2.45) is 0 Å². The first-order valence-electron chi connectivity index (χ1n) is 9.41. The Morgan fingerprint density at radius 1 is 1.07 bits per heavy atom. The molecule has 0 aliphatic carbocycles. The number of halogens is 2. The Labute approximate surface area is 183 Å². The van der Waals surface area contributed by atoms with E-state index in [-0.39, 0.29) is 10.7 Å². The molecule has 5 nitrogen and oxygen atoms in total. The van der Waals surface area contributed by atoms with E-state index in [1.165, 1.54) is 24.6 Å². The van der Waals surface area contributed by atoms with E-state index in [4.69, 9.17) is 23.2 Å². The average Bonchev–Trinajstić information content (AvgIpc) is 2.67. The molecule has 0 heterocycles. The van der Waals surface area contributed by atoms with Crippen LogP contribution in [-0.2, 0) is 34.2 Å². The highest BCUT2D eigenvalue weighted by Crippen LogP contribution is 2.32. The summed E-state index contributed by atoms with van der Waals surface area (Å²) in [6, 6.07) is 9.73. The number of hydrogen-bond acceptors (Lipinski definition) is 3. The standard InChI is InChI=1S/C21H26Cl2N2O3S/c1-5-15-7-8-16(6-2)17(11-15)13-24-21(26)14(3)25(29(4,27)28)20-12-18(22)9-10-19(20)23/h7-12,14H,5-6,13H2,1-4H3,(H,24,26)/t14-/m1/s1. The summed E-state index contributed by atoms with van der Waals surface area (Å²) in [4.78, 5) is 12.8. The molecule has 0 radical (unpaired) electrons. The number of aryl methyl sites for hydroxylation is 2. The van der Waals surface area contributed by atoms with E-state index in [2.05, 4.69) is 37.4 Å². The molecule has 2 aromatic carbocycles. The van der Waals surface area contributed by atoms with E-state index >= 15 is 0 Å². The number of nitrogens with one attached hydrogen (secondary N) is 1. The van der Waals surface area contributed by atoms with Crippen LogP contribution in [-0.4, -0.2) is 26.6 Å². The first-order chi connectivity index (χ1) is 13.6. The molecule has 0 bridgehead atoms. The molecule has 0 aliphatic rings. The lowest BCUT2D eigenvalue weighted by molar-refractivity contribution is -0.122. The number of carbonyl (C=O) groups excluding carboxylic acids is 1. The number of sulfonamides is 1. The first-order valence-corrected chi connectivity index (χ1v) is 12.0. The molecule has 8 heteroatoms. The van der Waals surface area contributed by atoms with Crippen LogP contribution < -0.4 is 9.62 Å². The van der Waals surface area contributed by atoms with Crippen molar-refractivity contribution in [2.75, 3.05) is 10.6 Å². The number of nitrogens with zero attached hydrogens (tertiary/aromatic N) is 1. The zero-order valence-corrected chi connectivity index (χ0v) is 19.3. The number of amides is 1. The van der Waals surface area contributed by atoms with Crippen molar-refractivity contribution in [1.29, 1.82) is 0 Å². The maximum atomic E-state index is 12.8. The molecule has 1 amide bonds. The zero-order valence-electron chi connectivity index (χ0n) is 17.0. The monoisotopic (exact) mass is 456 g/mol. The van der Waals surface area contributed by atoms with Gasteiger partial charge in [-0.1, -0.05) is 55.2 Å². The molecule has 0 unspecified atom stereocenters. The molecule has 158 valence electrons. The third kappa shape index (κ3) is 5.87. The van der Waals surface area contributed by atoms with Crippen LogP contribution in [0.3, 0.4) is 0 Å². The fourth-order valence-corrected chi connectivity index (χ4v) is 4.78. The third-order valence-electron chi connectivity index (χ3n) is 4.75. The van der Waals surface area contributed by atoms with Crippen LogP contribution in [0.15, 0.2) is 36.4 Å². The molecule has 0 fully saturated rings. The van der Waals surface area contributed by atoms with Crippen LogP contribution in [0.1, 0.15) is 37.5 Å². The summed E-state index contributed by atoms with van der Waals surface area (Å²) in [5.74, 6) is -0.421. The molecular formula is C21H26Cl2N2O3S. The number of benzene rings is 2. The second-order valence-corrected chi connectivity index (χ2v) is 9.56. The topological polar surface area (TPSA) is 66.5 Å². The van der Waals surface area contributed by atoms with Gasteiger partial charge in [0.05, 0.1) is 17.0 Å². The molecule has 29 heavy (non-hydrogen) atoms. The van der Waals surface area contributed by atoms with Gasteiger partial charge < -0.3 is 5.32 Å². The van der Waals surface area contributed by atoms with E-state index in [1.54, 1.807) is 6.07 Å². The summed E-state index contributed by atoms with van der Waals surface area (Å²) in [6.45, 7) is 5.98. The van der Waals surface area contributed by atoms with Gasteiger partial charge in [-0.25, -0.2) is 8.42 Å². The highest BCUT2D eigenvalue weighted by molar-refractivity contribution is 7.92. The molecule has 1 N–H and O–H groups in total. The van der Waals surface area contributed by atoms with Crippen LogP contribution in [0, 0.1) is 0 Å². The lowest BCUT2D eigenvalue weighted by Gasteiger charge is -2.29. The number of hydrogen-bond donors (Lipinski definition) is 1. The normalized spacial score (nSPS) is 12.5. The van der Waals surface area contributed by atoms with E-state index in [0.717, 1.165) is 34.5 Å². The minimum Gasteiger partial charge on any atom is -0.350 e. The van der Waals surface area contributed by atoms with Gasteiger partial charge in [0.15, 0.2) is 0 Å². The Kier molecular flexibility index (Phi) is 7.97. The predicted octanol–water partition coefficient (Wildman–Crippen LogP) is 4.59. The number of rotatable bonds is 8. The van der Waals surface area contributed by atoms with Gasteiger partial charge in [-0.15, -0.1) is 0 Å². The second kappa shape index (κ2) is 9.83. The van der Waals surface area contributed by atoms with Crippen LogP contribution >= 0.6 is 23.2 Å². The van der Waals surface area contributed by atoms with E-state index < -0.39 is 22.0 Å². The van der Waals surface area contributed by atoms with Gasteiger partial charge in [0.25, 0.3) is 0 Å². The molecule has 0 spiro atoms. The molecule has 0 aliphatic heterocycles. The van der Waals surface area contributed by atoms with Gasteiger partial charge in [-0.3, -0.25) is 9.10 Å². The SMILES string of the molecule is CCc1ccc(CC)c(CNC(=O)[C@@H](C)N(c2cc(Cl)ccc2Cl)S(C)(=O)=O)c1. The van der Waals surface area contributed by atoms with Gasteiger partial charge in [-0.05, 0) is 54.7 Å². The van der Waals surface area contributed by atoms with E-state index in [9.17, 15) is 13.2 Å². The Hall–Kier alpha value is -1.76. The van der Waals surface area contributed by atoms with Gasteiger partial charge in [0, 0.05) is 11.6 Å². The summed E-state index contributed by atoms with van der Waals surface area (Å²) in [7, 11) is -3.78. The summed E-state index contributed by atoms with van der Waals surface area (Å²) in [5, 5.41) is 3.39. The van der Waals surface area contributed by atoms with Crippen molar-refractivity contribution in [3.8, 4) is 0 Å². The van der Waals surface area contributed by atoms with Crippen LogP contribution in [0.2, 0.25) is 10.0 Å². The summed E-state index contributed by atoms with van der Waals surface area (Å²) >= 11 is 12.2. The van der Waals surface area contributed by atoms with Crippen molar-refractivity contribution < 1.29 is 13.2 Å². The highest BCUT2D eigenvalue weighted by Gasteiger charge is 2.30. The fraction of sp³-hybridized carbons (Fsp3) is 0.381. The highest BCUT2D eigenvalue weighted by atomic mass is 35.5. The van der Waals surface area contributed by atoms with Crippen LogP contribution in [0.5, 0.6) is 0 Å². The summed E-state index contributed by atoms with van der Waals surface area (Å²) < 4.78 is 25.9. The lowest BCUT2D eigenvalue weighted by atomic mass is 10.0. The van der Waals surface area contributed by atoms with Crippen molar-refractivity contribution in [2.45, 2.75) is 46.2 Å². The largest absolute Gasteiger partial charge is 0.350 e. The fourth-order valence-electron chi connectivity index (χ4n) is 3.17. The molecule has 0 saturated heterocycles. The van der Waals surface area contributed by atoms with Crippen molar-refractivity contribution in [3.63, 3.8) is 0 Å². The molecule has 2 rings (SSSR count). The van der Waals surface area contributed by atoms with Gasteiger partial charge >= 0.3 is 0 Å². The quantitative estimate of drug-likeness (QED) is 0.631. The maximum absolute atomic E-state index is 12.8. The molecular weight excluding hydrogens is 431 g/mol. The minimum atomic E-state index is -3.78. The van der Waals surface area contributed by atoms with Gasteiger partial charge in [0.2, 0.25) is 15.9 Å². The Bertz CT molecular complexity index is 993. The van der Waals surface area contributed by atoms with E-state index in [0.29, 0.717) is 11.6 Å². The van der Waals surface area contributed by atoms with E-state index in [1.807, 2.05) is 0 Å². The minimum absolute atomic E-state index is 0.173. The molecule has 0 aromatic heterocycles. The third-order valence-corrected chi connectivity index (χ3v) is 6.53. The van der Waals surface area contributed by atoms with Crippen LogP contribution in [0.25, 0.3) is 0 Å². The van der Waals surface area contributed by atoms with Crippen molar-refractivity contribution >= 4 is 44.8 Å². The smallest absolute Gasteiger partial charge is 0.243 e. The first kappa shape index (κ1) is 23.5. The zero-order chi connectivity index (χ0) is 21.8. The number of anilines is 1. The summed E-state index contributed by atoms with van der Waals surface area (Å²) in [6.07, 6.45) is 2.78. The van der Waals surface area contributed by atoms with Gasteiger partial charge in [-0.2, -0.15) is 0 Å². The molecule has 0 saturated carbocycles. The Balaban J connectivity index is 2.28. The Morgan fingerprint density at radius 2 is 1.76 bits per heavy atom. The predicted molar refractivity (Wildman–Crippen MR) is 120 cm³/mol. The van der Waals surface area contributed by atoms with Crippen molar-refractivity contribution in [3.05, 3.63) is 63.1 Å². The second-order valence-electron chi connectivity index (χ2n) is 6.86. The molecule has 2 aromatic rings. The van der Waals surface area contributed by atoms with Crippen LogP contribution in [0.4, 0.5) is 5.69 Å². The number of carbonyl (C=O) groups is 1. The average molecular weight is 457 g/mol. The van der Waals surface area contributed by atoms with Gasteiger partial charge in [0.1, 0.15) is 6.04 Å². The van der Waals surface area contributed by atoms with Crippen molar-refractivity contribution in [1.82, 2.24) is 5.32 Å². The Morgan fingerprint density at radius 3 is 2.34 bits per heavy atom. The maximum Gasteiger partial charge on any atom is 0.243 e. The molecule has 1 atom stereocenters. The summed E-state index contributed by atoms with van der Waals surface area (Å²) in [5.41, 5.74) is 3.53.